The van der Waals surface area contributed by atoms with Gasteiger partial charge in [-0.3, -0.25) is 4.40 Å². The summed E-state index contributed by atoms with van der Waals surface area (Å²) in [6.45, 7) is 0. The summed E-state index contributed by atoms with van der Waals surface area (Å²) in [6.07, 6.45) is -0.760. The molecular formula is C14H9F3N2O2. The number of rotatable bonds is 3. The quantitative estimate of drug-likeness (QED) is 0.696. The lowest BCUT2D eigenvalue weighted by molar-refractivity contribution is -0.137. The molecule has 0 fully saturated rings. The second kappa shape index (κ2) is 4.76. The van der Waals surface area contributed by atoms with Gasteiger partial charge in [-0.05, 0) is 12.1 Å². The van der Waals surface area contributed by atoms with Crippen LogP contribution >= 0.6 is 0 Å². The van der Waals surface area contributed by atoms with E-state index < -0.39 is 11.7 Å². The van der Waals surface area contributed by atoms with Gasteiger partial charge in [0.05, 0.1) is 17.0 Å². The molecule has 0 aliphatic carbocycles. The van der Waals surface area contributed by atoms with Crippen molar-refractivity contribution in [1.82, 2.24) is 9.38 Å². The molecule has 21 heavy (non-hydrogen) atoms. The predicted molar refractivity (Wildman–Crippen MR) is 67.7 cm³/mol. The maximum atomic E-state index is 12.8. The summed E-state index contributed by atoms with van der Waals surface area (Å²) in [7, 11) is 0. The van der Waals surface area contributed by atoms with Gasteiger partial charge >= 0.3 is 12.0 Å². The highest BCUT2D eigenvalue weighted by Crippen LogP contribution is 2.33. The van der Waals surface area contributed by atoms with Crippen molar-refractivity contribution in [1.29, 1.82) is 0 Å². The van der Waals surface area contributed by atoms with E-state index in [4.69, 9.17) is 4.42 Å². The number of aldehydes is 1. The monoisotopic (exact) mass is 294 g/mol. The van der Waals surface area contributed by atoms with E-state index in [9.17, 15) is 18.0 Å². The van der Waals surface area contributed by atoms with Gasteiger partial charge in [0, 0.05) is 18.2 Å². The maximum absolute atomic E-state index is 12.8. The Morgan fingerprint density at radius 1 is 1.33 bits per heavy atom. The number of imidazole rings is 1. The molecule has 0 spiro atoms. The lowest BCUT2D eigenvalue weighted by atomic mass is 10.1. The zero-order valence-electron chi connectivity index (χ0n) is 10.6. The summed E-state index contributed by atoms with van der Waals surface area (Å²) in [5.41, 5.74) is 0.336. The minimum Gasteiger partial charge on any atom is -0.432 e. The highest BCUT2D eigenvalue weighted by Gasteiger charge is 2.31. The topological polar surface area (TPSA) is 47.5 Å². The summed E-state index contributed by atoms with van der Waals surface area (Å²) in [4.78, 5) is 15.0. The first kappa shape index (κ1) is 13.4. The molecule has 4 nitrogen and oxygen atoms in total. The smallest absolute Gasteiger partial charge is 0.416 e. The van der Waals surface area contributed by atoms with E-state index in [1.165, 1.54) is 18.4 Å². The van der Waals surface area contributed by atoms with Crippen molar-refractivity contribution in [2.45, 2.75) is 12.6 Å². The van der Waals surface area contributed by atoms with Crippen LogP contribution in [-0.4, -0.2) is 15.7 Å². The highest BCUT2D eigenvalue weighted by atomic mass is 19.4. The molecule has 2 aromatic heterocycles. The van der Waals surface area contributed by atoms with E-state index in [0.717, 1.165) is 12.1 Å². The second-order valence-electron chi connectivity index (χ2n) is 4.41. The van der Waals surface area contributed by atoms with Crippen molar-refractivity contribution in [3.05, 3.63) is 48.0 Å². The van der Waals surface area contributed by atoms with Crippen LogP contribution in [0, 0.1) is 0 Å². The van der Waals surface area contributed by atoms with Gasteiger partial charge in [0.2, 0.25) is 0 Å². The molecule has 7 heteroatoms. The maximum Gasteiger partial charge on any atom is 0.416 e. The second-order valence-corrected chi connectivity index (χ2v) is 4.41. The van der Waals surface area contributed by atoms with Gasteiger partial charge in [-0.1, -0.05) is 12.1 Å². The van der Waals surface area contributed by atoms with Gasteiger partial charge in [-0.2, -0.15) is 18.2 Å². The number of carbonyl (C=O) groups excluding carboxylic acids is 1. The van der Waals surface area contributed by atoms with Crippen LogP contribution in [0.5, 0.6) is 0 Å². The number of hydrogen-bond donors (Lipinski definition) is 0. The first-order valence-electron chi connectivity index (χ1n) is 6.06. The van der Waals surface area contributed by atoms with Crippen molar-refractivity contribution in [2.24, 2.45) is 0 Å². The summed E-state index contributed by atoms with van der Waals surface area (Å²) >= 11 is 0. The van der Waals surface area contributed by atoms with Crippen LogP contribution in [0.25, 0.3) is 17.1 Å². The lowest BCUT2D eigenvalue weighted by Gasteiger charge is -2.08. The fraction of sp³-hybridized carbons (Fsp3) is 0.143. The third kappa shape index (κ3) is 2.31. The van der Waals surface area contributed by atoms with Gasteiger partial charge in [0.25, 0.3) is 0 Å². The number of nitrogens with zero attached hydrogens (tertiary/aromatic N) is 2. The Kier molecular flexibility index (Phi) is 3.04. The standard InChI is InChI=1S/C14H9F3N2O2/c15-14(16,17)10-3-1-2-9(8-10)12-11(4-6-20)19-5-7-21-13(19)18-12/h1-3,5-8H,4H2. The SMILES string of the molecule is O=CCc1c(-c2cccc(C(F)(F)F)c2)nc2occn12. The zero-order valence-corrected chi connectivity index (χ0v) is 10.6. The Balaban J connectivity index is 2.18. The van der Waals surface area contributed by atoms with E-state index in [1.54, 1.807) is 10.6 Å². The lowest BCUT2D eigenvalue weighted by Crippen LogP contribution is -2.04. The summed E-state index contributed by atoms with van der Waals surface area (Å²) in [5.74, 6) is 0.235. The molecule has 0 bridgehead atoms. The van der Waals surface area contributed by atoms with Gasteiger partial charge < -0.3 is 9.21 Å². The Bertz CT molecular complexity index is 802. The number of hydrogen-bond acceptors (Lipinski definition) is 3. The molecular weight excluding hydrogens is 285 g/mol. The molecule has 0 atom stereocenters. The van der Waals surface area contributed by atoms with Crippen molar-refractivity contribution in [3.8, 4) is 11.3 Å². The Labute approximate surface area is 116 Å². The van der Waals surface area contributed by atoms with Gasteiger partial charge in [0.15, 0.2) is 0 Å². The molecule has 0 aliphatic heterocycles. The molecule has 0 radical (unpaired) electrons. The third-order valence-electron chi connectivity index (χ3n) is 3.10. The fourth-order valence-corrected chi connectivity index (χ4v) is 2.18. The molecule has 1 aromatic carbocycles. The summed E-state index contributed by atoms with van der Waals surface area (Å²) in [5, 5.41) is 0. The molecule has 108 valence electrons. The van der Waals surface area contributed by atoms with Crippen LogP contribution in [0.15, 0.2) is 41.1 Å². The Hall–Kier alpha value is -2.57. The molecule has 3 aromatic rings. The van der Waals surface area contributed by atoms with Crippen LogP contribution in [0.2, 0.25) is 0 Å². The average Bonchev–Trinajstić information content (AvgIpc) is 3.01. The minimum absolute atomic E-state index is 0.0340. The van der Waals surface area contributed by atoms with Gasteiger partial charge in [0.1, 0.15) is 12.5 Å². The first-order chi connectivity index (χ1) is 10.0. The molecule has 0 saturated carbocycles. The molecule has 2 heterocycles. The van der Waals surface area contributed by atoms with Gasteiger partial charge in [-0.25, -0.2) is 0 Å². The number of oxazole rings is 1. The molecule has 0 aliphatic rings. The number of fused-ring (bicyclic) bond motifs is 1. The van der Waals surface area contributed by atoms with E-state index in [1.807, 2.05) is 0 Å². The van der Waals surface area contributed by atoms with Crippen molar-refractivity contribution in [3.63, 3.8) is 0 Å². The largest absolute Gasteiger partial charge is 0.432 e. The number of carbonyl (C=O) groups is 1. The normalized spacial score (nSPS) is 12.0. The molecule has 0 unspecified atom stereocenters. The van der Waals surface area contributed by atoms with Crippen molar-refractivity contribution < 1.29 is 22.4 Å². The van der Waals surface area contributed by atoms with Crippen LogP contribution in [0.1, 0.15) is 11.3 Å². The zero-order chi connectivity index (χ0) is 15.0. The minimum atomic E-state index is -4.43. The van der Waals surface area contributed by atoms with Crippen LogP contribution in [0.3, 0.4) is 0 Å². The molecule has 0 saturated heterocycles. The Morgan fingerprint density at radius 3 is 2.86 bits per heavy atom. The van der Waals surface area contributed by atoms with Crippen LogP contribution in [0.4, 0.5) is 13.2 Å². The van der Waals surface area contributed by atoms with E-state index in [0.29, 0.717) is 23.2 Å². The van der Waals surface area contributed by atoms with E-state index in [-0.39, 0.29) is 12.3 Å². The number of benzene rings is 1. The number of halogens is 3. The molecule has 0 amide bonds. The van der Waals surface area contributed by atoms with Crippen molar-refractivity contribution in [2.75, 3.05) is 0 Å². The number of aromatic nitrogens is 2. The Morgan fingerprint density at radius 2 is 2.14 bits per heavy atom. The van der Waals surface area contributed by atoms with Crippen molar-refractivity contribution >= 4 is 12.1 Å². The average molecular weight is 294 g/mol. The van der Waals surface area contributed by atoms with E-state index >= 15 is 0 Å². The highest BCUT2D eigenvalue weighted by molar-refractivity contribution is 5.70. The molecule has 0 N–H and O–H groups in total. The summed E-state index contributed by atoms with van der Waals surface area (Å²) in [6, 6.07) is 4.83. The van der Waals surface area contributed by atoms with Crippen LogP contribution < -0.4 is 0 Å². The molecule has 3 rings (SSSR count). The number of alkyl halides is 3. The first-order valence-corrected chi connectivity index (χ1v) is 6.06. The van der Waals surface area contributed by atoms with Crippen LogP contribution in [-0.2, 0) is 17.4 Å². The fourth-order valence-electron chi connectivity index (χ4n) is 2.18. The summed E-state index contributed by atoms with van der Waals surface area (Å²) < 4.78 is 45.0. The third-order valence-corrected chi connectivity index (χ3v) is 3.10. The van der Waals surface area contributed by atoms with Gasteiger partial charge in [-0.15, -0.1) is 0 Å². The predicted octanol–water partition coefficient (Wildman–Crippen LogP) is 3.35. The van der Waals surface area contributed by atoms with E-state index in [2.05, 4.69) is 4.98 Å².